The second kappa shape index (κ2) is 3.21. The zero-order chi connectivity index (χ0) is 11.0. The number of nitrogen functional groups attached to an aromatic ring is 1. The Morgan fingerprint density at radius 2 is 1.93 bits per heavy atom. The molecule has 0 atom stereocenters. The van der Waals surface area contributed by atoms with Crippen molar-refractivity contribution in [1.29, 1.82) is 5.26 Å². The monoisotopic (exact) mass is 204 g/mol. The highest BCUT2D eigenvalue weighted by Crippen LogP contribution is 2.25. The number of hydrogen-bond acceptors (Lipinski definition) is 2. The highest BCUT2D eigenvalue weighted by atomic mass is 19.2. The van der Waals surface area contributed by atoms with E-state index in [9.17, 15) is 8.78 Å². The van der Waals surface area contributed by atoms with Gasteiger partial charge >= 0.3 is 0 Å². The van der Waals surface area contributed by atoms with Crippen LogP contribution in [0.3, 0.4) is 0 Å². The molecule has 2 aromatic rings. The molecule has 0 fully saturated rings. The van der Waals surface area contributed by atoms with E-state index in [1.807, 2.05) is 0 Å². The summed E-state index contributed by atoms with van der Waals surface area (Å²) in [5.41, 5.74) is 5.66. The van der Waals surface area contributed by atoms with Crippen molar-refractivity contribution >= 4 is 16.5 Å². The summed E-state index contributed by atoms with van der Waals surface area (Å²) in [4.78, 5) is 0. The van der Waals surface area contributed by atoms with Gasteiger partial charge in [0.1, 0.15) is 6.07 Å². The molecular weight excluding hydrogens is 198 g/mol. The van der Waals surface area contributed by atoms with Gasteiger partial charge < -0.3 is 5.73 Å². The van der Waals surface area contributed by atoms with E-state index in [-0.39, 0.29) is 5.56 Å². The van der Waals surface area contributed by atoms with Crippen LogP contribution in [0.1, 0.15) is 5.56 Å². The Balaban J connectivity index is 2.96. The van der Waals surface area contributed by atoms with Gasteiger partial charge in [-0.25, -0.2) is 8.78 Å². The quantitative estimate of drug-likeness (QED) is 0.670. The number of benzene rings is 2. The summed E-state index contributed by atoms with van der Waals surface area (Å²) in [6, 6.07) is 7.22. The van der Waals surface area contributed by atoms with Gasteiger partial charge in [-0.1, -0.05) is 6.07 Å². The third kappa shape index (κ3) is 1.38. The first-order valence-corrected chi connectivity index (χ1v) is 4.21. The molecule has 4 heteroatoms. The highest BCUT2D eigenvalue weighted by molar-refractivity contribution is 5.90. The molecule has 2 rings (SSSR count). The molecule has 15 heavy (non-hydrogen) atoms. The SMILES string of the molecule is N#Cc1c(F)c(F)cc2cc(N)ccc12. The number of nitrogens with zero attached hydrogens (tertiary/aromatic N) is 1. The molecule has 0 saturated heterocycles. The van der Waals surface area contributed by atoms with Crippen molar-refractivity contribution in [1.82, 2.24) is 0 Å². The predicted octanol–water partition coefficient (Wildman–Crippen LogP) is 2.57. The Kier molecular flexibility index (Phi) is 2.01. The molecule has 0 aliphatic rings. The molecule has 0 spiro atoms. The van der Waals surface area contributed by atoms with Gasteiger partial charge in [-0.3, -0.25) is 0 Å². The number of nitriles is 1. The number of anilines is 1. The van der Waals surface area contributed by atoms with Crippen LogP contribution in [0, 0.1) is 23.0 Å². The number of rotatable bonds is 0. The van der Waals surface area contributed by atoms with Crippen molar-refractivity contribution in [3.8, 4) is 6.07 Å². The fraction of sp³-hybridized carbons (Fsp3) is 0. The summed E-state index contributed by atoms with van der Waals surface area (Å²) in [5.74, 6) is -2.15. The van der Waals surface area contributed by atoms with Gasteiger partial charge in [0.05, 0.1) is 5.56 Å². The van der Waals surface area contributed by atoms with Crippen molar-refractivity contribution < 1.29 is 8.78 Å². The van der Waals surface area contributed by atoms with Crippen molar-refractivity contribution in [3.63, 3.8) is 0 Å². The molecular formula is C11H6F2N2. The lowest BCUT2D eigenvalue weighted by atomic mass is 10.0. The Bertz CT molecular complexity index is 585. The van der Waals surface area contributed by atoms with Crippen LogP contribution in [0.15, 0.2) is 24.3 Å². The predicted molar refractivity (Wildman–Crippen MR) is 53.0 cm³/mol. The molecule has 0 heterocycles. The van der Waals surface area contributed by atoms with Gasteiger partial charge in [0.25, 0.3) is 0 Å². The van der Waals surface area contributed by atoms with Gasteiger partial charge in [-0.15, -0.1) is 0 Å². The van der Waals surface area contributed by atoms with Crippen molar-refractivity contribution in [2.45, 2.75) is 0 Å². The molecule has 0 bridgehead atoms. The first-order valence-electron chi connectivity index (χ1n) is 4.21. The number of hydrogen-bond donors (Lipinski definition) is 1. The average Bonchev–Trinajstić information content (AvgIpc) is 2.20. The van der Waals surface area contributed by atoms with Gasteiger partial charge in [-0.2, -0.15) is 5.26 Å². The molecule has 0 aromatic heterocycles. The standard InChI is InChI=1S/C11H6F2N2/c12-10-4-6-3-7(15)1-2-8(6)9(5-14)11(10)13/h1-4H,15H2. The molecule has 0 unspecified atom stereocenters. The molecule has 0 aliphatic carbocycles. The zero-order valence-corrected chi connectivity index (χ0v) is 7.59. The Morgan fingerprint density at radius 1 is 1.20 bits per heavy atom. The van der Waals surface area contributed by atoms with E-state index in [0.29, 0.717) is 16.5 Å². The molecule has 0 radical (unpaired) electrons. The van der Waals surface area contributed by atoms with Crippen LogP contribution in [-0.2, 0) is 0 Å². The third-order valence-corrected chi connectivity index (χ3v) is 2.17. The van der Waals surface area contributed by atoms with E-state index in [1.54, 1.807) is 12.1 Å². The maximum Gasteiger partial charge on any atom is 0.177 e. The Labute approximate surface area is 84.5 Å². The van der Waals surface area contributed by atoms with Crippen LogP contribution in [0.4, 0.5) is 14.5 Å². The Morgan fingerprint density at radius 3 is 2.60 bits per heavy atom. The molecule has 0 aliphatic heterocycles. The minimum Gasteiger partial charge on any atom is -0.399 e. The van der Waals surface area contributed by atoms with Crippen LogP contribution in [0.25, 0.3) is 10.8 Å². The minimum absolute atomic E-state index is 0.287. The van der Waals surface area contributed by atoms with Gasteiger partial charge in [0.15, 0.2) is 11.6 Å². The van der Waals surface area contributed by atoms with E-state index in [2.05, 4.69) is 0 Å². The summed E-state index contributed by atoms with van der Waals surface area (Å²) >= 11 is 0. The van der Waals surface area contributed by atoms with Crippen LogP contribution in [0.2, 0.25) is 0 Å². The lowest BCUT2D eigenvalue weighted by molar-refractivity contribution is 0.509. The highest BCUT2D eigenvalue weighted by Gasteiger charge is 2.12. The maximum absolute atomic E-state index is 13.2. The van der Waals surface area contributed by atoms with Gasteiger partial charge in [-0.05, 0) is 23.6 Å². The first kappa shape index (κ1) is 9.41. The maximum atomic E-state index is 13.2. The summed E-state index contributed by atoms with van der Waals surface area (Å²) in [6.45, 7) is 0. The van der Waals surface area contributed by atoms with E-state index in [4.69, 9.17) is 11.0 Å². The van der Waals surface area contributed by atoms with Crippen LogP contribution in [-0.4, -0.2) is 0 Å². The summed E-state index contributed by atoms with van der Waals surface area (Å²) < 4.78 is 26.3. The lowest BCUT2D eigenvalue weighted by Crippen LogP contribution is -1.93. The zero-order valence-electron chi connectivity index (χ0n) is 7.59. The van der Waals surface area contributed by atoms with Crippen molar-refractivity contribution in [2.75, 3.05) is 5.73 Å². The second-order valence-electron chi connectivity index (χ2n) is 3.14. The van der Waals surface area contributed by atoms with Crippen LogP contribution < -0.4 is 5.73 Å². The topological polar surface area (TPSA) is 49.8 Å². The smallest absolute Gasteiger partial charge is 0.177 e. The summed E-state index contributed by atoms with van der Waals surface area (Å²) in [7, 11) is 0. The molecule has 74 valence electrons. The summed E-state index contributed by atoms with van der Waals surface area (Å²) in [6.07, 6.45) is 0. The molecule has 2 nitrogen and oxygen atoms in total. The first-order chi connectivity index (χ1) is 7.13. The van der Waals surface area contributed by atoms with E-state index < -0.39 is 11.6 Å². The van der Waals surface area contributed by atoms with Crippen molar-refractivity contribution in [3.05, 3.63) is 41.5 Å². The lowest BCUT2D eigenvalue weighted by Gasteiger charge is -2.03. The fourth-order valence-electron chi connectivity index (χ4n) is 1.48. The average molecular weight is 204 g/mol. The number of fused-ring (bicyclic) bond motifs is 1. The molecule has 2 N–H and O–H groups in total. The largest absolute Gasteiger partial charge is 0.399 e. The number of halogens is 2. The normalized spacial score (nSPS) is 10.2. The van der Waals surface area contributed by atoms with Crippen LogP contribution in [0.5, 0.6) is 0 Å². The van der Waals surface area contributed by atoms with Gasteiger partial charge in [0, 0.05) is 11.1 Å². The van der Waals surface area contributed by atoms with E-state index in [1.165, 1.54) is 12.1 Å². The number of nitrogens with two attached hydrogens (primary N) is 1. The van der Waals surface area contributed by atoms with Crippen molar-refractivity contribution in [2.24, 2.45) is 0 Å². The second-order valence-corrected chi connectivity index (χ2v) is 3.14. The van der Waals surface area contributed by atoms with E-state index >= 15 is 0 Å². The minimum atomic E-state index is -1.12. The Hall–Kier alpha value is -2.15. The third-order valence-electron chi connectivity index (χ3n) is 2.17. The summed E-state index contributed by atoms with van der Waals surface area (Å²) in [5, 5.41) is 9.51. The van der Waals surface area contributed by atoms with Gasteiger partial charge in [0.2, 0.25) is 0 Å². The molecule has 0 saturated carbocycles. The van der Waals surface area contributed by atoms with Crippen LogP contribution >= 0.6 is 0 Å². The molecule has 2 aromatic carbocycles. The van der Waals surface area contributed by atoms with E-state index in [0.717, 1.165) is 6.07 Å². The molecule has 0 amide bonds. The fourth-order valence-corrected chi connectivity index (χ4v) is 1.48.